The topological polar surface area (TPSA) is 68.5 Å². The van der Waals surface area contributed by atoms with E-state index >= 15 is 0 Å². The highest BCUT2D eigenvalue weighted by Crippen LogP contribution is 2.29. The number of rotatable bonds is 6. The third-order valence-corrected chi connectivity index (χ3v) is 2.81. The van der Waals surface area contributed by atoms with E-state index in [1.165, 1.54) is 7.11 Å². The summed E-state index contributed by atoms with van der Waals surface area (Å²) < 4.78 is 44.3. The minimum atomic E-state index is -4.78. The first kappa shape index (κ1) is 17.4. The van der Waals surface area contributed by atoms with Crippen LogP contribution in [0.4, 0.5) is 13.2 Å². The SMILES string of the molecule is COCCCn1c(C(F)(F)F)cc(C(=O)[C@H](C)O)cc1=O. The van der Waals surface area contributed by atoms with E-state index in [0.29, 0.717) is 10.6 Å². The molecule has 0 radical (unpaired) electrons. The fraction of sp³-hybridized carbons (Fsp3) is 0.538. The standard InChI is InChI=1S/C13H16F3NO4/c1-8(18)12(20)9-6-10(13(14,15)16)17(11(19)7-9)4-3-5-21-2/h6-8,18H,3-5H2,1-2H3/t8-/m0/s1. The van der Waals surface area contributed by atoms with Gasteiger partial charge in [-0.05, 0) is 19.4 Å². The van der Waals surface area contributed by atoms with Gasteiger partial charge >= 0.3 is 6.18 Å². The molecule has 21 heavy (non-hydrogen) atoms. The Morgan fingerprint density at radius 2 is 2.05 bits per heavy atom. The molecule has 0 spiro atoms. The molecule has 0 saturated heterocycles. The quantitative estimate of drug-likeness (QED) is 0.638. The summed E-state index contributed by atoms with van der Waals surface area (Å²) in [6.07, 6.45) is -6.03. The number of aliphatic hydroxyl groups excluding tert-OH is 1. The summed E-state index contributed by atoms with van der Waals surface area (Å²) in [6, 6.07) is 1.39. The third kappa shape index (κ3) is 4.40. The molecule has 1 heterocycles. The van der Waals surface area contributed by atoms with Crippen LogP contribution < -0.4 is 5.56 Å². The number of aromatic nitrogens is 1. The molecule has 8 heteroatoms. The van der Waals surface area contributed by atoms with Gasteiger partial charge in [-0.3, -0.25) is 9.59 Å². The zero-order valence-electron chi connectivity index (χ0n) is 11.6. The second-order valence-electron chi connectivity index (χ2n) is 4.50. The Bertz CT molecular complexity index is 564. The molecule has 1 aromatic heterocycles. The molecule has 5 nitrogen and oxygen atoms in total. The van der Waals surface area contributed by atoms with Crippen LogP contribution in [-0.4, -0.2) is 35.3 Å². The van der Waals surface area contributed by atoms with Crippen molar-refractivity contribution in [3.63, 3.8) is 0 Å². The predicted molar refractivity (Wildman–Crippen MR) is 68.2 cm³/mol. The number of ether oxygens (including phenoxy) is 1. The fourth-order valence-corrected chi connectivity index (χ4v) is 1.81. The monoisotopic (exact) mass is 307 g/mol. The number of halogens is 3. The van der Waals surface area contributed by atoms with Gasteiger partial charge in [-0.1, -0.05) is 0 Å². The number of alkyl halides is 3. The smallest absolute Gasteiger partial charge is 0.385 e. The number of ketones is 1. The Hall–Kier alpha value is -1.67. The molecule has 0 aromatic carbocycles. The Morgan fingerprint density at radius 1 is 1.43 bits per heavy atom. The summed E-state index contributed by atoms with van der Waals surface area (Å²) in [7, 11) is 1.40. The lowest BCUT2D eigenvalue weighted by Crippen LogP contribution is -2.30. The molecule has 118 valence electrons. The van der Waals surface area contributed by atoms with Gasteiger partial charge in [0.15, 0.2) is 5.78 Å². The largest absolute Gasteiger partial charge is 0.431 e. The third-order valence-electron chi connectivity index (χ3n) is 2.81. The summed E-state index contributed by atoms with van der Waals surface area (Å²) in [5, 5.41) is 9.15. The van der Waals surface area contributed by atoms with E-state index < -0.39 is 34.9 Å². The van der Waals surface area contributed by atoms with E-state index in [0.717, 1.165) is 13.0 Å². The van der Waals surface area contributed by atoms with Crippen molar-refractivity contribution in [2.75, 3.05) is 13.7 Å². The highest BCUT2D eigenvalue weighted by atomic mass is 19.4. The number of hydrogen-bond acceptors (Lipinski definition) is 4. The molecule has 0 unspecified atom stereocenters. The summed E-state index contributed by atoms with van der Waals surface area (Å²) in [6.45, 7) is 1.16. The van der Waals surface area contributed by atoms with Crippen LogP contribution in [-0.2, 0) is 17.5 Å². The van der Waals surface area contributed by atoms with Crippen molar-refractivity contribution in [3.05, 3.63) is 33.7 Å². The van der Waals surface area contributed by atoms with Crippen molar-refractivity contribution in [1.29, 1.82) is 0 Å². The number of aliphatic hydroxyl groups is 1. The van der Waals surface area contributed by atoms with E-state index in [1.54, 1.807) is 0 Å². The van der Waals surface area contributed by atoms with Crippen LogP contribution in [0.2, 0.25) is 0 Å². The Kier molecular flexibility index (Phi) is 5.68. The molecule has 1 atom stereocenters. The number of methoxy groups -OCH3 is 1. The van der Waals surface area contributed by atoms with Crippen molar-refractivity contribution in [3.8, 4) is 0 Å². The van der Waals surface area contributed by atoms with Gasteiger partial charge in [0, 0.05) is 31.9 Å². The van der Waals surface area contributed by atoms with Gasteiger partial charge in [-0.15, -0.1) is 0 Å². The molecular formula is C13H16F3NO4. The van der Waals surface area contributed by atoms with Crippen molar-refractivity contribution in [1.82, 2.24) is 4.57 Å². The van der Waals surface area contributed by atoms with Crippen LogP contribution in [0.5, 0.6) is 0 Å². The van der Waals surface area contributed by atoms with Crippen LogP contribution in [0.3, 0.4) is 0 Å². The Balaban J connectivity index is 3.32. The zero-order chi connectivity index (χ0) is 16.2. The van der Waals surface area contributed by atoms with Gasteiger partial charge in [0.25, 0.3) is 5.56 Å². The van der Waals surface area contributed by atoms with Crippen LogP contribution in [0.1, 0.15) is 29.4 Å². The molecule has 0 aliphatic carbocycles. The van der Waals surface area contributed by atoms with Crippen LogP contribution in [0.15, 0.2) is 16.9 Å². The van der Waals surface area contributed by atoms with Crippen molar-refractivity contribution < 1.29 is 27.8 Å². The van der Waals surface area contributed by atoms with Gasteiger partial charge in [0.2, 0.25) is 0 Å². The lowest BCUT2D eigenvalue weighted by atomic mass is 10.1. The van der Waals surface area contributed by atoms with Crippen molar-refractivity contribution in [2.45, 2.75) is 32.2 Å². The zero-order valence-corrected chi connectivity index (χ0v) is 11.6. The maximum Gasteiger partial charge on any atom is 0.431 e. The first-order valence-electron chi connectivity index (χ1n) is 6.21. The molecule has 0 aliphatic rings. The molecule has 0 aliphatic heterocycles. The van der Waals surface area contributed by atoms with Gasteiger partial charge in [0.1, 0.15) is 11.8 Å². The molecule has 1 N–H and O–H groups in total. The molecule has 0 saturated carbocycles. The minimum Gasteiger partial charge on any atom is -0.385 e. The Morgan fingerprint density at radius 3 is 2.52 bits per heavy atom. The highest BCUT2D eigenvalue weighted by Gasteiger charge is 2.35. The van der Waals surface area contributed by atoms with Gasteiger partial charge in [-0.25, -0.2) is 0 Å². The summed E-state index contributed by atoms with van der Waals surface area (Å²) in [5.41, 5.74) is -2.61. The first-order chi connectivity index (χ1) is 9.68. The summed E-state index contributed by atoms with van der Waals surface area (Å²) in [4.78, 5) is 23.4. The van der Waals surface area contributed by atoms with Gasteiger partial charge in [0.05, 0.1) is 0 Å². The maximum atomic E-state index is 13.0. The lowest BCUT2D eigenvalue weighted by Gasteiger charge is -2.16. The second kappa shape index (κ2) is 6.86. The van der Waals surface area contributed by atoms with Crippen LogP contribution in [0, 0.1) is 0 Å². The summed E-state index contributed by atoms with van der Waals surface area (Å²) >= 11 is 0. The van der Waals surface area contributed by atoms with Crippen LogP contribution >= 0.6 is 0 Å². The maximum absolute atomic E-state index is 13.0. The number of Topliss-reactive ketones (excluding diaryl/α,β-unsaturated/α-hetero) is 1. The van der Waals surface area contributed by atoms with E-state index in [4.69, 9.17) is 9.84 Å². The lowest BCUT2D eigenvalue weighted by molar-refractivity contribution is -0.144. The average Bonchev–Trinajstić information content (AvgIpc) is 2.38. The summed E-state index contributed by atoms with van der Waals surface area (Å²) in [5.74, 6) is -0.929. The molecule has 0 fully saturated rings. The molecule has 0 bridgehead atoms. The Labute approximate surface area is 119 Å². The molecule has 1 rings (SSSR count). The normalized spacial score (nSPS) is 13.2. The van der Waals surface area contributed by atoms with E-state index in [9.17, 15) is 22.8 Å². The second-order valence-corrected chi connectivity index (χ2v) is 4.50. The van der Waals surface area contributed by atoms with Crippen LogP contribution in [0.25, 0.3) is 0 Å². The number of pyridine rings is 1. The molecule has 0 amide bonds. The number of carbonyl (C=O) groups excluding carboxylic acids is 1. The van der Waals surface area contributed by atoms with Gasteiger partial charge in [-0.2, -0.15) is 13.2 Å². The van der Waals surface area contributed by atoms with Gasteiger partial charge < -0.3 is 14.4 Å². The fourth-order valence-electron chi connectivity index (χ4n) is 1.81. The van der Waals surface area contributed by atoms with E-state index in [-0.39, 0.29) is 19.6 Å². The minimum absolute atomic E-state index is 0.176. The molecular weight excluding hydrogens is 291 g/mol. The highest BCUT2D eigenvalue weighted by molar-refractivity contribution is 5.99. The van der Waals surface area contributed by atoms with E-state index in [2.05, 4.69) is 0 Å². The average molecular weight is 307 g/mol. The number of carbonyl (C=O) groups is 1. The number of hydrogen-bond donors (Lipinski definition) is 1. The first-order valence-corrected chi connectivity index (χ1v) is 6.21. The predicted octanol–water partition coefficient (Wildman–Crippen LogP) is 1.47. The van der Waals surface area contributed by atoms with E-state index in [1.807, 2.05) is 0 Å². The van der Waals surface area contributed by atoms with Crippen molar-refractivity contribution in [2.24, 2.45) is 0 Å². The molecule has 1 aromatic rings. The number of nitrogens with zero attached hydrogens (tertiary/aromatic N) is 1. The van der Waals surface area contributed by atoms with Crippen molar-refractivity contribution >= 4 is 5.78 Å².